The summed E-state index contributed by atoms with van der Waals surface area (Å²) in [5.41, 5.74) is 0. The van der Waals surface area contributed by atoms with E-state index in [0.29, 0.717) is 4.80 Å². The Hall–Kier alpha value is -0.940. The fourth-order valence-corrected chi connectivity index (χ4v) is 1.36. The van der Waals surface area contributed by atoms with Crippen molar-refractivity contribution >= 4 is 17.2 Å². The van der Waals surface area contributed by atoms with Crippen LogP contribution >= 0.6 is 11.3 Å². The Balaban J connectivity index is 2.98. The Morgan fingerprint density at radius 1 is 1.83 bits per heavy atom. The minimum Gasteiger partial charge on any atom is -0.383 e. The second-order valence-electron chi connectivity index (χ2n) is 2.42. The first kappa shape index (κ1) is 9.15. The number of hydrogen-bond acceptors (Lipinski definition) is 3. The van der Waals surface area contributed by atoms with Gasteiger partial charge in [-0.25, -0.2) is 0 Å². The minimum absolute atomic E-state index is 0.506. The molecule has 1 aromatic heterocycles. The van der Waals surface area contributed by atoms with Crippen molar-refractivity contribution in [2.75, 3.05) is 0 Å². The predicted molar refractivity (Wildman–Crippen MR) is 45.5 cm³/mol. The molecule has 0 saturated carbocycles. The molecule has 1 N–H and O–H groups in total. The zero-order chi connectivity index (χ0) is 9.14. The van der Waals surface area contributed by atoms with Crippen LogP contribution in [0.4, 0.5) is 0 Å². The number of nitrogens with zero attached hydrogens (tertiary/aromatic N) is 2. The molecule has 1 rings (SSSR count). The number of thiazole rings is 1. The second kappa shape index (κ2) is 3.64. The quantitative estimate of drug-likeness (QED) is 0.665. The summed E-state index contributed by atoms with van der Waals surface area (Å²) in [7, 11) is 1.80. The van der Waals surface area contributed by atoms with Gasteiger partial charge in [0, 0.05) is 18.6 Å². The highest BCUT2D eigenvalue weighted by atomic mass is 32.1. The van der Waals surface area contributed by atoms with Gasteiger partial charge in [-0.3, -0.25) is 4.79 Å². The molecule has 4 nitrogen and oxygen atoms in total. The average Bonchev–Trinajstić information content (AvgIpc) is 2.36. The van der Waals surface area contributed by atoms with Gasteiger partial charge in [-0.05, 0) is 6.92 Å². The number of carbonyl (C=O) groups excluding carboxylic acids is 1. The standard InChI is InChI=1S/C7H10N2O2S/c1-5(10)6(11)8-7-9(2)3-4-12-7/h3-5,10H,1-2H3/t5-/m0/s1. The number of aromatic nitrogens is 1. The molecule has 1 atom stereocenters. The van der Waals surface area contributed by atoms with Gasteiger partial charge >= 0.3 is 0 Å². The molecule has 1 aromatic rings. The first-order chi connectivity index (χ1) is 5.61. The van der Waals surface area contributed by atoms with Crippen molar-refractivity contribution in [3.63, 3.8) is 0 Å². The molecule has 0 aromatic carbocycles. The van der Waals surface area contributed by atoms with Crippen LogP contribution in [0.2, 0.25) is 0 Å². The summed E-state index contributed by atoms with van der Waals surface area (Å²) >= 11 is 1.36. The fourth-order valence-electron chi connectivity index (χ4n) is 0.622. The molecule has 0 saturated heterocycles. The van der Waals surface area contributed by atoms with Crippen LogP contribution in [0.25, 0.3) is 0 Å². The van der Waals surface area contributed by atoms with Crippen molar-refractivity contribution < 1.29 is 9.90 Å². The van der Waals surface area contributed by atoms with E-state index in [-0.39, 0.29) is 0 Å². The van der Waals surface area contributed by atoms with Gasteiger partial charge in [-0.1, -0.05) is 0 Å². The number of aliphatic hydroxyl groups is 1. The van der Waals surface area contributed by atoms with Crippen LogP contribution in [0.15, 0.2) is 16.6 Å². The Kier molecular flexibility index (Phi) is 2.78. The van der Waals surface area contributed by atoms with E-state index in [1.54, 1.807) is 17.8 Å². The van der Waals surface area contributed by atoms with Crippen molar-refractivity contribution in [1.82, 2.24) is 4.57 Å². The molecular weight excluding hydrogens is 176 g/mol. The molecular formula is C7H10N2O2S. The maximum atomic E-state index is 10.9. The van der Waals surface area contributed by atoms with Crippen LogP contribution in [0.3, 0.4) is 0 Å². The third-order valence-corrected chi connectivity index (χ3v) is 2.17. The third kappa shape index (κ3) is 2.02. The number of hydrogen-bond donors (Lipinski definition) is 1. The number of aryl methyl sites for hydroxylation is 1. The lowest BCUT2D eigenvalue weighted by atomic mass is 10.4. The second-order valence-corrected chi connectivity index (χ2v) is 3.30. The lowest BCUT2D eigenvalue weighted by molar-refractivity contribution is -0.125. The maximum Gasteiger partial charge on any atom is 0.276 e. The smallest absolute Gasteiger partial charge is 0.276 e. The van der Waals surface area contributed by atoms with Gasteiger partial charge < -0.3 is 9.67 Å². The Bertz CT molecular complexity index is 337. The predicted octanol–water partition coefficient (Wildman–Crippen LogP) is -0.105. The van der Waals surface area contributed by atoms with Crippen molar-refractivity contribution in [3.05, 3.63) is 16.4 Å². The van der Waals surface area contributed by atoms with Crippen molar-refractivity contribution in [2.24, 2.45) is 12.0 Å². The van der Waals surface area contributed by atoms with E-state index < -0.39 is 12.0 Å². The Morgan fingerprint density at radius 3 is 2.92 bits per heavy atom. The molecule has 0 fully saturated rings. The van der Waals surface area contributed by atoms with Crippen LogP contribution in [0.1, 0.15) is 6.92 Å². The van der Waals surface area contributed by atoms with Gasteiger partial charge in [-0.15, -0.1) is 11.3 Å². The van der Waals surface area contributed by atoms with E-state index in [2.05, 4.69) is 4.99 Å². The molecule has 0 unspecified atom stereocenters. The average molecular weight is 186 g/mol. The van der Waals surface area contributed by atoms with Gasteiger partial charge in [0.2, 0.25) is 0 Å². The number of rotatable bonds is 1. The van der Waals surface area contributed by atoms with Crippen LogP contribution in [0.5, 0.6) is 0 Å². The molecule has 1 heterocycles. The van der Waals surface area contributed by atoms with Crippen LogP contribution in [-0.2, 0) is 11.8 Å². The molecule has 5 heteroatoms. The molecule has 0 spiro atoms. The molecule has 66 valence electrons. The Morgan fingerprint density at radius 2 is 2.50 bits per heavy atom. The first-order valence-corrected chi connectivity index (χ1v) is 4.36. The van der Waals surface area contributed by atoms with Crippen LogP contribution in [-0.4, -0.2) is 21.7 Å². The molecule has 1 amide bonds. The normalized spacial score (nSPS) is 14.8. The largest absolute Gasteiger partial charge is 0.383 e. The monoisotopic (exact) mass is 186 g/mol. The first-order valence-electron chi connectivity index (χ1n) is 3.48. The van der Waals surface area contributed by atoms with E-state index in [1.165, 1.54) is 18.3 Å². The molecule has 0 radical (unpaired) electrons. The third-order valence-electron chi connectivity index (χ3n) is 1.32. The van der Waals surface area contributed by atoms with E-state index in [1.807, 2.05) is 5.38 Å². The molecule has 0 aliphatic carbocycles. The fraction of sp³-hybridized carbons (Fsp3) is 0.429. The van der Waals surface area contributed by atoms with Gasteiger partial charge in [-0.2, -0.15) is 4.99 Å². The lowest BCUT2D eigenvalue weighted by Gasteiger charge is -1.94. The zero-order valence-corrected chi connectivity index (χ0v) is 7.71. The molecule has 0 aliphatic heterocycles. The Labute approximate surface area is 73.8 Å². The van der Waals surface area contributed by atoms with Gasteiger partial charge in [0.25, 0.3) is 5.91 Å². The summed E-state index contributed by atoms with van der Waals surface area (Å²) in [6.45, 7) is 1.40. The number of carbonyl (C=O) groups is 1. The van der Waals surface area contributed by atoms with E-state index >= 15 is 0 Å². The van der Waals surface area contributed by atoms with Gasteiger partial charge in [0.1, 0.15) is 6.10 Å². The van der Waals surface area contributed by atoms with Crippen molar-refractivity contribution in [2.45, 2.75) is 13.0 Å². The van der Waals surface area contributed by atoms with E-state index in [9.17, 15) is 4.79 Å². The summed E-state index contributed by atoms with van der Waals surface area (Å²) in [5, 5.41) is 10.7. The zero-order valence-electron chi connectivity index (χ0n) is 6.89. The number of aliphatic hydroxyl groups excluding tert-OH is 1. The van der Waals surface area contributed by atoms with E-state index in [0.717, 1.165) is 0 Å². The molecule has 0 bridgehead atoms. The molecule has 12 heavy (non-hydrogen) atoms. The highest BCUT2D eigenvalue weighted by Crippen LogP contribution is 1.88. The van der Waals surface area contributed by atoms with E-state index in [4.69, 9.17) is 5.11 Å². The SMILES string of the molecule is C[C@H](O)C(=O)N=c1sccn1C. The van der Waals surface area contributed by atoms with Gasteiger partial charge in [0.15, 0.2) is 4.80 Å². The lowest BCUT2D eigenvalue weighted by Crippen LogP contribution is -2.19. The minimum atomic E-state index is -1.02. The van der Waals surface area contributed by atoms with Crippen molar-refractivity contribution in [1.29, 1.82) is 0 Å². The number of amides is 1. The topological polar surface area (TPSA) is 54.6 Å². The van der Waals surface area contributed by atoms with Crippen LogP contribution in [0, 0.1) is 0 Å². The maximum absolute atomic E-state index is 10.9. The van der Waals surface area contributed by atoms with Crippen molar-refractivity contribution in [3.8, 4) is 0 Å². The highest BCUT2D eigenvalue weighted by molar-refractivity contribution is 7.07. The summed E-state index contributed by atoms with van der Waals surface area (Å²) in [6, 6.07) is 0. The van der Waals surface area contributed by atoms with Crippen LogP contribution < -0.4 is 4.80 Å². The van der Waals surface area contributed by atoms with Gasteiger partial charge in [0.05, 0.1) is 0 Å². The highest BCUT2D eigenvalue weighted by Gasteiger charge is 2.06. The summed E-state index contributed by atoms with van der Waals surface area (Å²) in [6.07, 6.45) is 0.783. The molecule has 0 aliphatic rings. The summed E-state index contributed by atoms with van der Waals surface area (Å²) in [4.78, 5) is 15.2. The summed E-state index contributed by atoms with van der Waals surface area (Å²) in [5.74, 6) is -0.506. The summed E-state index contributed by atoms with van der Waals surface area (Å²) < 4.78 is 1.73.